The normalized spacial score (nSPS) is 10.8. The van der Waals surface area contributed by atoms with Crippen molar-refractivity contribution in [3.63, 3.8) is 0 Å². The summed E-state index contributed by atoms with van der Waals surface area (Å²) in [5, 5.41) is 2.19. The number of halogens is 1. The van der Waals surface area contributed by atoms with Crippen LogP contribution < -0.4 is 18.6 Å². The van der Waals surface area contributed by atoms with Gasteiger partial charge in [-0.1, -0.05) is 78.9 Å². The summed E-state index contributed by atoms with van der Waals surface area (Å²) in [5.74, 6) is 0. The lowest BCUT2D eigenvalue weighted by atomic mass is 9.93. The van der Waals surface area contributed by atoms with E-state index in [1.165, 1.54) is 32.7 Å². The third kappa shape index (κ3) is 6.17. The lowest BCUT2D eigenvalue weighted by molar-refractivity contribution is -2.00. The van der Waals surface area contributed by atoms with Crippen molar-refractivity contribution in [2.75, 3.05) is 0 Å². The fraction of sp³-hybridized carbons (Fsp3) is 0. The highest BCUT2D eigenvalue weighted by atomic mass is 35.7. The summed E-state index contributed by atoms with van der Waals surface area (Å²) in [6.45, 7) is 0. The standard InChI is InChI=1S/C23H17S.ClHO4/c1-4-10-18(11-5-1)21-16-17-24-23(20-14-8-3-9-15-20)22(21)19-12-6-2-7-13-19;2-1(3,4)5/h1-17H;(H,2,3,4,5)/q+1;/p-1. The quantitative estimate of drug-likeness (QED) is 0.471. The van der Waals surface area contributed by atoms with E-state index in [1.807, 2.05) is 0 Å². The van der Waals surface area contributed by atoms with Crippen molar-refractivity contribution in [1.29, 1.82) is 0 Å². The van der Waals surface area contributed by atoms with Crippen LogP contribution in [-0.2, 0) is 0 Å². The maximum Gasteiger partial charge on any atom is 0.246 e. The Balaban J connectivity index is 0.000000431. The van der Waals surface area contributed by atoms with Gasteiger partial charge in [0.1, 0.15) is 0 Å². The highest BCUT2D eigenvalue weighted by Gasteiger charge is 2.21. The molecule has 1 heterocycles. The van der Waals surface area contributed by atoms with Crippen molar-refractivity contribution < 1.29 is 28.9 Å². The molecule has 0 radical (unpaired) electrons. The monoisotopic (exact) mass is 424 g/mol. The predicted octanol–water partition coefficient (Wildman–Crippen LogP) is 2.27. The summed E-state index contributed by atoms with van der Waals surface area (Å²) in [6.07, 6.45) is 0. The molecule has 0 spiro atoms. The molecule has 1 aromatic heterocycles. The average Bonchev–Trinajstić information content (AvgIpc) is 2.74. The Hall–Kier alpha value is -2.64. The van der Waals surface area contributed by atoms with Crippen LogP contribution in [-0.4, -0.2) is 0 Å². The maximum atomic E-state index is 8.49. The van der Waals surface area contributed by atoms with Crippen LogP contribution in [0, 0.1) is 10.2 Å². The Morgan fingerprint density at radius 2 is 0.931 bits per heavy atom. The van der Waals surface area contributed by atoms with E-state index in [1.54, 1.807) is 11.3 Å². The Morgan fingerprint density at radius 1 is 0.517 bits per heavy atom. The number of hydrogen-bond donors (Lipinski definition) is 0. The van der Waals surface area contributed by atoms with Gasteiger partial charge in [0.15, 0.2) is 5.38 Å². The maximum absolute atomic E-state index is 8.49. The zero-order chi connectivity index (χ0) is 20.7. The van der Waals surface area contributed by atoms with E-state index in [4.69, 9.17) is 18.6 Å². The van der Waals surface area contributed by atoms with Crippen LogP contribution in [0.5, 0.6) is 0 Å². The third-order valence-electron chi connectivity index (χ3n) is 4.10. The molecule has 0 unspecified atom stereocenters. The van der Waals surface area contributed by atoms with E-state index in [0.29, 0.717) is 0 Å². The molecular weight excluding hydrogens is 408 g/mol. The predicted molar refractivity (Wildman–Crippen MR) is 105 cm³/mol. The first kappa shape index (κ1) is 21.1. The van der Waals surface area contributed by atoms with Crippen molar-refractivity contribution in [2.45, 2.75) is 0 Å². The summed E-state index contributed by atoms with van der Waals surface area (Å²) >= 11 is 1.80. The van der Waals surface area contributed by atoms with Crippen molar-refractivity contribution in [3.05, 3.63) is 102 Å². The molecule has 0 aliphatic rings. The van der Waals surface area contributed by atoms with Gasteiger partial charge >= 0.3 is 0 Å². The first-order valence-corrected chi connectivity index (χ1v) is 10.8. The summed E-state index contributed by atoms with van der Waals surface area (Å²) in [5.41, 5.74) is 6.35. The molecule has 4 aromatic rings. The average molecular weight is 425 g/mol. The molecule has 4 rings (SSSR count). The lowest BCUT2D eigenvalue weighted by Crippen LogP contribution is -2.68. The van der Waals surface area contributed by atoms with Gasteiger partial charge in [0.25, 0.3) is 0 Å². The molecule has 0 atom stereocenters. The zero-order valence-electron chi connectivity index (χ0n) is 15.2. The topological polar surface area (TPSA) is 92.2 Å². The highest BCUT2D eigenvalue weighted by Crippen LogP contribution is 2.42. The fourth-order valence-corrected chi connectivity index (χ4v) is 3.94. The molecule has 0 aliphatic carbocycles. The molecule has 6 heteroatoms. The SMILES string of the molecule is [O-][Cl+3]([O-])([O-])[O-].c1ccc(-c2cc[s+]c(-c3ccccc3)c2-c2ccccc2)cc1. The van der Waals surface area contributed by atoms with Gasteiger partial charge in [-0.05, 0) is 23.3 Å². The minimum atomic E-state index is -4.94. The molecule has 146 valence electrons. The molecule has 0 N–H and O–H groups in total. The number of rotatable bonds is 3. The first-order valence-electron chi connectivity index (χ1n) is 8.66. The molecule has 29 heavy (non-hydrogen) atoms. The first-order chi connectivity index (χ1) is 13.9. The Labute approximate surface area is 175 Å². The molecule has 0 fully saturated rings. The second-order valence-electron chi connectivity index (χ2n) is 6.01. The zero-order valence-corrected chi connectivity index (χ0v) is 16.8. The smallest absolute Gasteiger partial charge is 0.222 e. The van der Waals surface area contributed by atoms with Gasteiger partial charge in [-0.3, -0.25) is 0 Å². The minimum Gasteiger partial charge on any atom is -0.222 e. The lowest BCUT2D eigenvalue weighted by Gasteiger charge is -2.17. The second kappa shape index (κ2) is 9.71. The van der Waals surface area contributed by atoms with Gasteiger partial charge in [0, 0.05) is 17.2 Å². The molecule has 0 bridgehead atoms. The van der Waals surface area contributed by atoms with Gasteiger partial charge in [-0.2, -0.15) is 0 Å². The summed E-state index contributed by atoms with van der Waals surface area (Å²) in [7, 11) is -4.94. The molecule has 0 saturated heterocycles. The van der Waals surface area contributed by atoms with E-state index in [-0.39, 0.29) is 0 Å². The molecular formula is C23H17ClO4S. The van der Waals surface area contributed by atoms with E-state index in [0.717, 1.165) is 0 Å². The van der Waals surface area contributed by atoms with E-state index >= 15 is 0 Å². The van der Waals surface area contributed by atoms with Crippen LogP contribution in [0.25, 0.3) is 32.7 Å². The van der Waals surface area contributed by atoms with Crippen LogP contribution >= 0.6 is 11.3 Å². The number of benzene rings is 3. The van der Waals surface area contributed by atoms with Crippen molar-refractivity contribution >= 4 is 11.3 Å². The highest BCUT2D eigenvalue weighted by molar-refractivity contribution is 7.13. The molecule has 3 aromatic carbocycles. The summed E-state index contributed by atoms with van der Waals surface area (Å²) in [6, 6.07) is 34.2. The summed E-state index contributed by atoms with van der Waals surface area (Å²) in [4.78, 5) is 1.31. The Morgan fingerprint density at radius 3 is 1.41 bits per heavy atom. The Kier molecular flexibility index (Phi) is 7.06. The van der Waals surface area contributed by atoms with Gasteiger partial charge in [0.05, 0.1) is 5.56 Å². The second-order valence-corrected chi connectivity index (χ2v) is 7.69. The van der Waals surface area contributed by atoms with Gasteiger partial charge in [0.2, 0.25) is 16.2 Å². The molecule has 0 aliphatic heterocycles. The van der Waals surface area contributed by atoms with Gasteiger partial charge < -0.3 is 0 Å². The Bertz CT molecular complexity index is 973. The van der Waals surface area contributed by atoms with Crippen LogP contribution in [0.3, 0.4) is 0 Å². The molecule has 4 nitrogen and oxygen atoms in total. The van der Waals surface area contributed by atoms with Crippen molar-refractivity contribution in [3.8, 4) is 32.7 Å². The van der Waals surface area contributed by atoms with E-state index in [2.05, 4.69) is 102 Å². The van der Waals surface area contributed by atoms with Crippen molar-refractivity contribution in [2.24, 2.45) is 0 Å². The van der Waals surface area contributed by atoms with Crippen LogP contribution in [0.4, 0.5) is 0 Å². The summed E-state index contributed by atoms with van der Waals surface area (Å²) < 4.78 is 34.0. The van der Waals surface area contributed by atoms with Gasteiger partial charge in [-0.15, -0.1) is 10.2 Å². The van der Waals surface area contributed by atoms with E-state index in [9.17, 15) is 0 Å². The third-order valence-corrected chi connectivity index (χ3v) is 5.05. The minimum absolute atomic E-state index is 1.25. The van der Waals surface area contributed by atoms with Gasteiger partial charge in [-0.25, -0.2) is 18.6 Å². The van der Waals surface area contributed by atoms with Crippen LogP contribution in [0.1, 0.15) is 0 Å². The van der Waals surface area contributed by atoms with E-state index < -0.39 is 10.2 Å². The van der Waals surface area contributed by atoms with Crippen LogP contribution in [0.15, 0.2) is 102 Å². The molecule has 0 saturated carbocycles. The fourth-order valence-electron chi connectivity index (χ4n) is 2.99. The number of hydrogen-bond acceptors (Lipinski definition) is 4. The largest absolute Gasteiger partial charge is 0.246 e. The van der Waals surface area contributed by atoms with Crippen molar-refractivity contribution in [1.82, 2.24) is 0 Å². The molecule has 0 amide bonds. The van der Waals surface area contributed by atoms with Crippen LogP contribution in [0.2, 0.25) is 0 Å².